The van der Waals surface area contributed by atoms with E-state index in [4.69, 9.17) is 8.85 Å². The lowest BCUT2D eigenvalue weighted by Crippen LogP contribution is -2.35. The molecule has 3 rings (SSSR count). The molecule has 10 heteroatoms. The highest BCUT2D eigenvalue weighted by Gasteiger charge is 2.35. The molecule has 0 heterocycles. The Kier molecular flexibility index (Phi) is 10.5. The van der Waals surface area contributed by atoms with Crippen LogP contribution in [0.2, 0.25) is 38.3 Å². The van der Waals surface area contributed by atoms with Gasteiger partial charge in [-0.25, -0.2) is 16.8 Å². The van der Waals surface area contributed by atoms with Crippen LogP contribution in [0.5, 0.6) is 11.5 Å². The molecule has 0 atom stereocenters. The quantitative estimate of drug-likeness (QED) is 0.170. The normalized spacial score (nSPS) is 12.8. The van der Waals surface area contributed by atoms with Gasteiger partial charge in [0.2, 0.25) is 36.3 Å². The Bertz CT molecular complexity index is 1370. The standard InChI is InChI=1S/C30H42O6S2Si2/c1-7-9-21-39(3,4)35-27-23-30(38(33,34)26-19-15-12-16-20-26)28(36-40(5,6)22-10-8-2)24-29(27)37(31,32)25-17-13-11-14-18-25/h11-20,23-24H,7-10,21-22H2,1-6H3. The van der Waals surface area contributed by atoms with Crippen LogP contribution in [0.1, 0.15) is 39.5 Å². The molecule has 3 aromatic carbocycles. The smallest absolute Gasteiger partial charge is 0.245 e. The van der Waals surface area contributed by atoms with Gasteiger partial charge in [0.05, 0.1) is 9.79 Å². The first-order chi connectivity index (χ1) is 18.7. The zero-order chi connectivity index (χ0) is 29.6. The van der Waals surface area contributed by atoms with Crippen molar-refractivity contribution in [3.8, 4) is 11.5 Å². The molecular formula is C30H42O6S2Si2. The van der Waals surface area contributed by atoms with Gasteiger partial charge in [0.1, 0.15) is 21.3 Å². The summed E-state index contributed by atoms with van der Waals surface area (Å²) in [5.41, 5.74) is 0. The Morgan fingerprint density at radius 3 is 1.20 bits per heavy atom. The Hall–Kier alpha value is -2.41. The van der Waals surface area contributed by atoms with Crippen LogP contribution >= 0.6 is 0 Å². The molecule has 0 N–H and O–H groups in total. The van der Waals surface area contributed by atoms with Crippen molar-refractivity contribution in [3.63, 3.8) is 0 Å². The zero-order valence-corrected chi connectivity index (χ0v) is 28.1. The average Bonchev–Trinajstić information content (AvgIpc) is 2.92. The van der Waals surface area contributed by atoms with E-state index >= 15 is 0 Å². The summed E-state index contributed by atoms with van der Waals surface area (Å²) in [6, 6.07) is 20.7. The molecule has 6 nitrogen and oxygen atoms in total. The lowest BCUT2D eigenvalue weighted by Gasteiger charge is -2.29. The minimum Gasteiger partial charge on any atom is -0.543 e. The lowest BCUT2D eigenvalue weighted by atomic mass is 10.3. The predicted molar refractivity (Wildman–Crippen MR) is 166 cm³/mol. The fraction of sp³-hybridized carbons (Fsp3) is 0.400. The van der Waals surface area contributed by atoms with E-state index in [2.05, 4.69) is 13.8 Å². The maximum atomic E-state index is 14.0. The minimum absolute atomic E-state index is 0.0616. The third-order valence-electron chi connectivity index (χ3n) is 6.73. The van der Waals surface area contributed by atoms with Crippen LogP contribution in [0.4, 0.5) is 0 Å². The first kappa shape index (κ1) is 32.1. The van der Waals surface area contributed by atoms with E-state index in [0.29, 0.717) is 0 Å². The van der Waals surface area contributed by atoms with E-state index in [9.17, 15) is 16.8 Å². The van der Waals surface area contributed by atoms with Crippen LogP contribution in [0, 0.1) is 0 Å². The molecule has 218 valence electrons. The van der Waals surface area contributed by atoms with E-state index in [-0.39, 0.29) is 31.1 Å². The van der Waals surface area contributed by atoms with Crippen molar-refractivity contribution in [2.75, 3.05) is 0 Å². The molecule has 0 saturated carbocycles. The first-order valence-electron chi connectivity index (χ1n) is 13.9. The molecule has 0 aliphatic carbocycles. The molecule has 0 aliphatic rings. The maximum Gasteiger partial charge on any atom is 0.245 e. The van der Waals surface area contributed by atoms with Gasteiger partial charge in [0.15, 0.2) is 0 Å². The number of sulfone groups is 2. The van der Waals surface area contributed by atoms with Crippen LogP contribution in [-0.2, 0) is 19.7 Å². The number of hydrogen-bond acceptors (Lipinski definition) is 6. The van der Waals surface area contributed by atoms with Crippen molar-refractivity contribution < 1.29 is 25.7 Å². The highest BCUT2D eigenvalue weighted by Crippen LogP contribution is 2.42. The molecule has 0 saturated heterocycles. The molecule has 0 radical (unpaired) electrons. The Balaban J connectivity index is 2.34. The number of unbranched alkanes of at least 4 members (excludes halogenated alkanes) is 2. The van der Waals surface area contributed by atoms with Gasteiger partial charge in [-0.15, -0.1) is 0 Å². The van der Waals surface area contributed by atoms with E-state index in [1.165, 1.54) is 36.4 Å². The minimum atomic E-state index is -4.05. The SMILES string of the molecule is CCCC[Si](C)(C)Oc1cc(S(=O)(=O)c2ccccc2)c(O[Si](C)(C)CCCC)cc1S(=O)(=O)c1ccccc1. The second kappa shape index (κ2) is 13.1. The average molecular weight is 619 g/mol. The summed E-state index contributed by atoms with van der Waals surface area (Å²) in [5, 5.41) is 0. The van der Waals surface area contributed by atoms with E-state index in [1.54, 1.807) is 36.4 Å². The van der Waals surface area contributed by atoms with Gasteiger partial charge in [-0.1, -0.05) is 75.9 Å². The van der Waals surface area contributed by atoms with Crippen LogP contribution < -0.4 is 8.85 Å². The monoisotopic (exact) mass is 618 g/mol. The number of rotatable bonds is 14. The van der Waals surface area contributed by atoms with E-state index < -0.39 is 36.3 Å². The van der Waals surface area contributed by atoms with Crippen LogP contribution in [-0.4, -0.2) is 33.5 Å². The summed E-state index contributed by atoms with van der Waals surface area (Å²) >= 11 is 0. The van der Waals surface area contributed by atoms with Crippen molar-refractivity contribution in [1.82, 2.24) is 0 Å². The topological polar surface area (TPSA) is 86.7 Å². The van der Waals surface area contributed by atoms with Crippen LogP contribution in [0.15, 0.2) is 92.4 Å². The van der Waals surface area contributed by atoms with Gasteiger partial charge >= 0.3 is 0 Å². The van der Waals surface area contributed by atoms with Gasteiger partial charge in [0.25, 0.3) is 0 Å². The first-order valence-corrected chi connectivity index (χ1v) is 23.1. The van der Waals surface area contributed by atoms with Crippen LogP contribution in [0.25, 0.3) is 0 Å². The molecule has 40 heavy (non-hydrogen) atoms. The van der Waals surface area contributed by atoms with Crippen molar-refractivity contribution in [2.24, 2.45) is 0 Å². The molecule has 0 amide bonds. The molecule has 0 aliphatic heterocycles. The lowest BCUT2D eigenvalue weighted by molar-refractivity contribution is 0.497. The highest BCUT2D eigenvalue weighted by atomic mass is 32.2. The summed E-state index contributed by atoms with van der Waals surface area (Å²) in [4.78, 5) is 0.0797. The highest BCUT2D eigenvalue weighted by molar-refractivity contribution is 7.92. The van der Waals surface area contributed by atoms with Gasteiger partial charge in [-0.2, -0.15) is 0 Å². The summed E-state index contributed by atoms with van der Waals surface area (Å²) in [6.45, 7) is 12.3. The summed E-state index contributed by atoms with van der Waals surface area (Å²) in [5.74, 6) is 0.123. The third-order valence-corrected chi connectivity index (χ3v) is 15.0. The van der Waals surface area contributed by atoms with Crippen molar-refractivity contribution in [1.29, 1.82) is 0 Å². The van der Waals surface area contributed by atoms with Gasteiger partial charge in [-0.05, 0) is 62.5 Å². The van der Waals surface area contributed by atoms with Gasteiger partial charge < -0.3 is 8.85 Å². The summed E-state index contributed by atoms with van der Waals surface area (Å²) in [7, 11) is -12.9. The molecule has 0 unspecified atom stereocenters. The van der Waals surface area contributed by atoms with Crippen LogP contribution in [0.3, 0.4) is 0 Å². The molecular weight excluding hydrogens is 577 g/mol. The third kappa shape index (κ3) is 7.86. The van der Waals surface area contributed by atoms with Crippen molar-refractivity contribution in [3.05, 3.63) is 72.8 Å². The molecule has 3 aromatic rings. The summed E-state index contributed by atoms with van der Waals surface area (Å²) < 4.78 is 69.1. The maximum absolute atomic E-state index is 14.0. The number of hydrogen-bond donors (Lipinski definition) is 0. The Labute approximate surface area is 242 Å². The molecule has 0 fully saturated rings. The molecule has 0 aromatic heterocycles. The van der Waals surface area contributed by atoms with Gasteiger partial charge in [-0.3, -0.25) is 0 Å². The predicted octanol–water partition coefficient (Wildman–Crippen LogP) is 8.12. The fourth-order valence-corrected chi connectivity index (χ4v) is 11.5. The van der Waals surface area contributed by atoms with Crippen molar-refractivity contribution >= 4 is 36.3 Å². The Morgan fingerprint density at radius 2 is 0.900 bits per heavy atom. The van der Waals surface area contributed by atoms with E-state index in [0.717, 1.165) is 37.8 Å². The van der Waals surface area contributed by atoms with E-state index in [1.807, 2.05) is 26.2 Å². The molecule has 0 bridgehead atoms. The second-order valence-corrected chi connectivity index (χ2v) is 23.6. The fourth-order valence-electron chi connectivity index (χ4n) is 4.46. The zero-order valence-electron chi connectivity index (χ0n) is 24.4. The van der Waals surface area contributed by atoms with Gasteiger partial charge in [0, 0.05) is 12.1 Å². The second-order valence-electron chi connectivity index (χ2n) is 11.3. The van der Waals surface area contributed by atoms with Crippen molar-refractivity contribution in [2.45, 2.75) is 97.4 Å². The molecule has 0 spiro atoms. The summed E-state index contributed by atoms with van der Waals surface area (Å²) in [6.07, 6.45) is 3.83. The Morgan fingerprint density at radius 1 is 0.575 bits per heavy atom. The number of benzene rings is 3. The largest absolute Gasteiger partial charge is 0.543 e.